The van der Waals surface area contributed by atoms with E-state index < -0.39 is 17.6 Å². The van der Waals surface area contributed by atoms with Gasteiger partial charge in [0.15, 0.2) is 0 Å². The fourth-order valence-corrected chi connectivity index (χ4v) is 16.0. The third-order valence-corrected chi connectivity index (χ3v) is 18.8. The third kappa shape index (κ3) is 24.5. The summed E-state index contributed by atoms with van der Waals surface area (Å²) in [6.07, 6.45) is 24.2. The largest absolute Gasteiger partial charge is 0.382 e. The molecule has 0 amide bonds. The molecule has 0 rings (SSSR count). The minimum absolute atomic E-state index is 0.636. The normalized spacial score (nSPS) is 13.5. The molecule has 0 spiro atoms. The highest BCUT2D eigenvalue weighted by atomic mass is 33.1. The molecular formula is C34H74O2S2Si2. The number of unbranched alkanes of at least 4 members (excludes halogenated alkanes) is 8. The molecule has 6 heteroatoms. The van der Waals surface area contributed by atoms with Crippen LogP contribution in [0.2, 0.25) is 24.2 Å². The molecule has 242 valence electrons. The molecule has 0 saturated carbocycles. The van der Waals surface area contributed by atoms with Crippen molar-refractivity contribution in [1.82, 2.24) is 0 Å². The Labute approximate surface area is 265 Å². The summed E-state index contributed by atoms with van der Waals surface area (Å²) in [4.78, 5) is 0. The van der Waals surface area contributed by atoms with E-state index in [0.717, 1.165) is 13.2 Å². The Morgan fingerprint density at radius 3 is 1.05 bits per heavy atom. The van der Waals surface area contributed by atoms with Gasteiger partial charge in [0.25, 0.3) is 0 Å². The van der Waals surface area contributed by atoms with Crippen molar-refractivity contribution < 1.29 is 9.47 Å². The average Bonchev–Trinajstić information content (AvgIpc) is 2.97. The standard InChI is InChI=1S/C34H74O2S2Si2/c1-7-13-25-35-33(39(29-15-9-3)30-16-10-4)23-19-21-27-37-38-28-22-20-24-34(36-26-14-8-2)40(31-17-11-5)32-18-12-6/h33-34,39-40H,7-32H2,1-6H3. The highest BCUT2D eigenvalue weighted by Crippen LogP contribution is 2.27. The zero-order chi connectivity index (χ0) is 29.5. The van der Waals surface area contributed by atoms with Crippen molar-refractivity contribution in [3.63, 3.8) is 0 Å². The highest BCUT2D eigenvalue weighted by molar-refractivity contribution is 8.76. The molecule has 2 nitrogen and oxygen atoms in total. The summed E-state index contributed by atoms with van der Waals surface area (Å²) < 4.78 is 13.1. The van der Waals surface area contributed by atoms with Crippen LogP contribution in [0.4, 0.5) is 0 Å². The molecule has 0 aromatic heterocycles. The minimum Gasteiger partial charge on any atom is -0.382 e. The van der Waals surface area contributed by atoms with Crippen LogP contribution in [0.25, 0.3) is 0 Å². The summed E-state index contributed by atoms with van der Waals surface area (Å²) in [6.45, 7) is 16.0. The molecule has 0 fully saturated rings. The molecule has 0 heterocycles. The summed E-state index contributed by atoms with van der Waals surface area (Å²) in [5, 5.41) is 0. The van der Waals surface area contributed by atoms with Gasteiger partial charge in [0, 0.05) is 36.2 Å². The van der Waals surface area contributed by atoms with Crippen molar-refractivity contribution in [2.75, 3.05) is 24.7 Å². The molecule has 2 atom stereocenters. The van der Waals surface area contributed by atoms with Gasteiger partial charge in [-0.05, 0) is 38.5 Å². The molecule has 0 radical (unpaired) electrons. The second-order valence-corrected chi connectivity index (χ2v) is 21.8. The van der Waals surface area contributed by atoms with Crippen LogP contribution in [0.1, 0.15) is 157 Å². The van der Waals surface area contributed by atoms with E-state index in [9.17, 15) is 0 Å². The van der Waals surface area contributed by atoms with E-state index in [1.54, 1.807) is 0 Å². The van der Waals surface area contributed by atoms with Crippen LogP contribution in [-0.2, 0) is 9.47 Å². The smallest absolute Gasteiger partial charge is 0.0717 e. The lowest BCUT2D eigenvalue weighted by Gasteiger charge is -2.27. The summed E-state index contributed by atoms with van der Waals surface area (Å²) in [5.74, 6) is 2.63. The summed E-state index contributed by atoms with van der Waals surface area (Å²) in [6, 6.07) is 6.01. The summed E-state index contributed by atoms with van der Waals surface area (Å²) in [5.41, 5.74) is 1.27. The van der Waals surface area contributed by atoms with E-state index >= 15 is 0 Å². The van der Waals surface area contributed by atoms with Gasteiger partial charge in [-0.2, -0.15) is 0 Å². The second kappa shape index (κ2) is 33.0. The molecule has 0 bridgehead atoms. The fourth-order valence-electron chi connectivity index (χ4n) is 5.70. The van der Waals surface area contributed by atoms with Gasteiger partial charge in [-0.3, -0.25) is 0 Å². The Kier molecular flexibility index (Phi) is 33.8. The quantitative estimate of drug-likeness (QED) is 0.0406. The highest BCUT2D eigenvalue weighted by Gasteiger charge is 2.24. The van der Waals surface area contributed by atoms with E-state index in [1.165, 1.54) is 151 Å². The maximum Gasteiger partial charge on any atom is 0.0717 e. The van der Waals surface area contributed by atoms with Crippen LogP contribution < -0.4 is 0 Å². The van der Waals surface area contributed by atoms with Crippen molar-refractivity contribution in [3.8, 4) is 0 Å². The van der Waals surface area contributed by atoms with Crippen LogP contribution in [0.15, 0.2) is 0 Å². The first-order chi connectivity index (χ1) is 19.7. The van der Waals surface area contributed by atoms with E-state index in [2.05, 4.69) is 63.1 Å². The first kappa shape index (κ1) is 41.1. The summed E-state index contributed by atoms with van der Waals surface area (Å²) >= 11 is 0. The molecule has 0 aromatic rings. The van der Waals surface area contributed by atoms with Gasteiger partial charge in [0.1, 0.15) is 0 Å². The molecule has 2 unspecified atom stereocenters. The Hall–Kier alpha value is 1.05. The van der Waals surface area contributed by atoms with E-state index in [0.29, 0.717) is 11.5 Å². The predicted octanol–water partition coefficient (Wildman–Crippen LogP) is 11.8. The fraction of sp³-hybridized carbons (Fsp3) is 1.00. The zero-order valence-corrected chi connectivity index (χ0v) is 32.3. The van der Waals surface area contributed by atoms with Crippen molar-refractivity contribution in [3.05, 3.63) is 0 Å². The van der Waals surface area contributed by atoms with Crippen LogP contribution >= 0.6 is 21.6 Å². The predicted molar refractivity (Wildman–Crippen MR) is 195 cm³/mol. The van der Waals surface area contributed by atoms with Gasteiger partial charge in [-0.15, -0.1) is 0 Å². The molecule has 0 N–H and O–H groups in total. The second-order valence-electron chi connectivity index (χ2n) is 12.3. The third-order valence-electron chi connectivity index (χ3n) is 8.44. The van der Waals surface area contributed by atoms with Crippen LogP contribution in [0, 0.1) is 0 Å². The van der Waals surface area contributed by atoms with Crippen molar-refractivity contribution in [2.45, 2.75) is 193 Å². The van der Waals surface area contributed by atoms with Gasteiger partial charge < -0.3 is 9.47 Å². The SMILES string of the molecule is CCCCOC(CCCCSSCCCCC(OCCCC)[SiH](CCCC)CCCC)[SiH](CCCC)CCCC. The number of hydrogen-bond donors (Lipinski definition) is 0. The maximum absolute atomic E-state index is 6.56. The molecule has 0 aliphatic rings. The molecule has 0 aliphatic heterocycles. The van der Waals surface area contributed by atoms with Crippen molar-refractivity contribution in [1.29, 1.82) is 0 Å². The Morgan fingerprint density at radius 1 is 0.425 bits per heavy atom. The van der Waals surface area contributed by atoms with Crippen LogP contribution in [0.5, 0.6) is 0 Å². The van der Waals surface area contributed by atoms with E-state index in [4.69, 9.17) is 9.47 Å². The molecule has 40 heavy (non-hydrogen) atoms. The first-order valence-corrected chi connectivity index (χ1v) is 25.2. The van der Waals surface area contributed by atoms with Crippen LogP contribution in [-0.4, -0.2) is 53.8 Å². The minimum atomic E-state index is -0.786. The topological polar surface area (TPSA) is 18.5 Å². The molecular weight excluding hydrogens is 561 g/mol. The van der Waals surface area contributed by atoms with Crippen molar-refractivity contribution >= 4 is 39.2 Å². The lowest BCUT2D eigenvalue weighted by atomic mass is 10.2. The van der Waals surface area contributed by atoms with Gasteiger partial charge in [-0.25, -0.2) is 0 Å². The number of hydrogen-bond acceptors (Lipinski definition) is 4. The lowest BCUT2D eigenvalue weighted by Crippen LogP contribution is -2.34. The number of rotatable bonds is 33. The Balaban J connectivity index is 4.34. The summed E-state index contributed by atoms with van der Waals surface area (Å²) in [7, 11) is 2.69. The van der Waals surface area contributed by atoms with Gasteiger partial charge in [-0.1, -0.05) is 164 Å². The van der Waals surface area contributed by atoms with E-state index in [-0.39, 0.29) is 0 Å². The molecule has 0 aliphatic carbocycles. The van der Waals surface area contributed by atoms with Gasteiger partial charge >= 0.3 is 0 Å². The molecule has 0 aromatic carbocycles. The number of ether oxygens (including phenoxy) is 2. The monoisotopic (exact) mass is 634 g/mol. The molecule has 0 saturated heterocycles. The van der Waals surface area contributed by atoms with E-state index in [1.807, 2.05) is 0 Å². The Bertz CT molecular complexity index is 429. The van der Waals surface area contributed by atoms with Gasteiger partial charge in [0.2, 0.25) is 0 Å². The maximum atomic E-state index is 6.56. The van der Waals surface area contributed by atoms with Crippen LogP contribution in [0.3, 0.4) is 0 Å². The zero-order valence-electron chi connectivity index (χ0n) is 28.3. The van der Waals surface area contributed by atoms with Gasteiger partial charge in [0.05, 0.1) is 17.6 Å². The first-order valence-electron chi connectivity index (χ1n) is 18.2. The lowest BCUT2D eigenvalue weighted by molar-refractivity contribution is 0.0914. The average molecular weight is 635 g/mol. The Morgan fingerprint density at radius 2 is 0.750 bits per heavy atom. The van der Waals surface area contributed by atoms with Crippen molar-refractivity contribution in [2.24, 2.45) is 0 Å².